The first-order valence-corrected chi connectivity index (χ1v) is 7.08. The molecule has 7 heteroatoms. The molecule has 0 spiro atoms. The van der Waals surface area contributed by atoms with E-state index in [0.717, 1.165) is 0 Å². The largest absolute Gasteiger partial charge is 0.497 e. The van der Waals surface area contributed by atoms with Crippen molar-refractivity contribution in [3.05, 3.63) is 46.3 Å². The van der Waals surface area contributed by atoms with Gasteiger partial charge in [0.15, 0.2) is 0 Å². The highest BCUT2D eigenvalue weighted by molar-refractivity contribution is 6.29. The van der Waals surface area contributed by atoms with Gasteiger partial charge in [-0.05, 0) is 36.2 Å². The monoisotopic (exact) mass is 324 g/mol. The summed E-state index contributed by atoms with van der Waals surface area (Å²) in [5.41, 5.74) is 1.79. The number of aromatic nitrogens is 1. The zero-order chi connectivity index (χ0) is 16.1. The van der Waals surface area contributed by atoms with Crippen LogP contribution in [-0.4, -0.2) is 29.8 Å². The van der Waals surface area contributed by atoms with Crippen LogP contribution in [0.5, 0.6) is 5.75 Å². The summed E-state index contributed by atoms with van der Waals surface area (Å²) in [4.78, 5) is 11.9. The quantitative estimate of drug-likeness (QED) is 0.849. The molecule has 6 nitrogen and oxygen atoms in total. The Morgan fingerprint density at radius 3 is 2.95 bits per heavy atom. The Balaban J connectivity index is 1.90. The number of nitrogens with zero attached hydrogens (tertiary/aromatic N) is 1. The summed E-state index contributed by atoms with van der Waals surface area (Å²) in [7, 11) is 1.55. The van der Waals surface area contributed by atoms with Crippen molar-refractivity contribution in [2.45, 2.75) is 19.4 Å². The number of ether oxygens (including phenoxy) is 1. The first-order chi connectivity index (χ1) is 10.5. The van der Waals surface area contributed by atoms with Crippen molar-refractivity contribution < 1.29 is 19.2 Å². The molecule has 2 N–H and O–H groups in total. The number of nitrogens with one attached hydrogen (secondary N) is 1. The van der Waals surface area contributed by atoms with E-state index in [1.807, 2.05) is 0 Å². The molecule has 0 aliphatic carbocycles. The number of halogens is 1. The molecule has 2 rings (SSSR count). The van der Waals surface area contributed by atoms with Crippen LogP contribution in [0.1, 0.15) is 22.9 Å². The van der Waals surface area contributed by atoms with E-state index in [1.54, 1.807) is 38.3 Å². The number of aryl methyl sites for hydroxylation is 1. The molecule has 1 atom stereocenters. The molecule has 0 radical (unpaired) electrons. The lowest BCUT2D eigenvalue weighted by Crippen LogP contribution is -2.29. The number of aliphatic hydroxyl groups excluding tert-OH is 1. The van der Waals surface area contributed by atoms with Crippen molar-refractivity contribution in [1.29, 1.82) is 0 Å². The van der Waals surface area contributed by atoms with Crippen molar-refractivity contribution in [3.8, 4) is 5.75 Å². The van der Waals surface area contributed by atoms with Crippen LogP contribution < -0.4 is 10.1 Å². The van der Waals surface area contributed by atoms with Gasteiger partial charge in [-0.25, -0.2) is 0 Å². The van der Waals surface area contributed by atoms with Crippen molar-refractivity contribution >= 4 is 17.5 Å². The van der Waals surface area contributed by atoms with Crippen molar-refractivity contribution in [1.82, 2.24) is 10.5 Å². The Morgan fingerprint density at radius 2 is 2.32 bits per heavy atom. The molecule has 1 heterocycles. The van der Waals surface area contributed by atoms with E-state index in [-0.39, 0.29) is 24.1 Å². The van der Waals surface area contributed by atoms with Crippen molar-refractivity contribution in [2.24, 2.45) is 0 Å². The molecule has 0 fully saturated rings. The summed E-state index contributed by atoms with van der Waals surface area (Å²) in [6.07, 6.45) is -0.767. The smallest absolute Gasteiger partial charge is 0.229 e. The second-order valence-corrected chi connectivity index (χ2v) is 5.14. The maximum absolute atomic E-state index is 11.9. The lowest BCUT2D eigenvalue weighted by atomic mass is 10.1. The average Bonchev–Trinajstić information content (AvgIpc) is 2.84. The molecule has 2 aromatic rings. The second-order valence-electron chi connectivity index (χ2n) is 4.79. The molecule has 118 valence electrons. The molecule has 0 saturated carbocycles. The third-order valence-corrected chi connectivity index (χ3v) is 3.54. The summed E-state index contributed by atoms with van der Waals surface area (Å²) in [5, 5.41) is 16.5. The Hall–Kier alpha value is -2.05. The lowest BCUT2D eigenvalue weighted by Gasteiger charge is -2.13. The van der Waals surface area contributed by atoms with Gasteiger partial charge in [0.2, 0.25) is 11.1 Å². The normalized spacial score (nSPS) is 12.0. The summed E-state index contributed by atoms with van der Waals surface area (Å²) in [6.45, 7) is 1.80. The van der Waals surface area contributed by atoms with Crippen LogP contribution in [0.3, 0.4) is 0 Å². The molecule has 1 amide bonds. The van der Waals surface area contributed by atoms with E-state index >= 15 is 0 Å². The van der Waals surface area contributed by atoms with Crippen LogP contribution in [0.15, 0.2) is 28.8 Å². The van der Waals surface area contributed by atoms with Crippen LogP contribution >= 0.6 is 11.6 Å². The predicted octanol–water partition coefficient (Wildman–Crippen LogP) is 2.04. The molecular formula is C15H17ClN2O4. The molecular weight excluding hydrogens is 308 g/mol. The topological polar surface area (TPSA) is 84.6 Å². The van der Waals surface area contributed by atoms with Gasteiger partial charge < -0.3 is 19.7 Å². The lowest BCUT2D eigenvalue weighted by molar-refractivity contribution is -0.120. The minimum Gasteiger partial charge on any atom is -0.497 e. The van der Waals surface area contributed by atoms with Gasteiger partial charge in [-0.15, -0.1) is 0 Å². The van der Waals surface area contributed by atoms with Gasteiger partial charge >= 0.3 is 0 Å². The van der Waals surface area contributed by atoms with Crippen LogP contribution in [0.25, 0.3) is 0 Å². The molecule has 0 bridgehead atoms. The molecule has 22 heavy (non-hydrogen) atoms. The maximum Gasteiger partial charge on any atom is 0.229 e. The summed E-state index contributed by atoms with van der Waals surface area (Å²) >= 11 is 5.81. The number of hydrogen-bond donors (Lipinski definition) is 2. The van der Waals surface area contributed by atoms with Gasteiger partial charge in [-0.1, -0.05) is 17.3 Å². The summed E-state index contributed by atoms with van der Waals surface area (Å²) in [6, 6.07) is 7.04. The number of carbonyl (C=O) groups excluding carboxylic acids is 1. The molecule has 0 aliphatic rings. The number of rotatable bonds is 6. The minimum atomic E-state index is -0.821. The van der Waals surface area contributed by atoms with E-state index in [0.29, 0.717) is 22.6 Å². The van der Waals surface area contributed by atoms with Crippen LogP contribution in [-0.2, 0) is 11.2 Å². The van der Waals surface area contributed by atoms with E-state index < -0.39 is 6.10 Å². The zero-order valence-corrected chi connectivity index (χ0v) is 13.1. The van der Waals surface area contributed by atoms with Gasteiger partial charge in [-0.2, -0.15) is 0 Å². The SMILES string of the molecule is COc1cccc(C(O)CNC(=O)Cc2c(C)noc2Cl)c1. The highest BCUT2D eigenvalue weighted by Gasteiger charge is 2.16. The van der Waals surface area contributed by atoms with Gasteiger partial charge in [0, 0.05) is 12.1 Å². The highest BCUT2D eigenvalue weighted by atomic mass is 35.5. The van der Waals surface area contributed by atoms with Crippen molar-refractivity contribution in [3.63, 3.8) is 0 Å². The van der Waals surface area contributed by atoms with Gasteiger partial charge in [-0.3, -0.25) is 4.79 Å². The van der Waals surface area contributed by atoms with Gasteiger partial charge in [0.1, 0.15) is 5.75 Å². The molecule has 1 aromatic heterocycles. The predicted molar refractivity (Wildman–Crippen MR) is 80.9 cm³/mol. The average molecular weight is 325 g/mol. The van der Waals surface area contributed by atoms with Crippen LogP contribution in [0.4, 0.5) is 0 Å². The first kappa shape index (κ1) is 16.3. The molecule has 1 unspecified atom stereocenters. The maximum atomic E-state index is 11.9. The van der Waals surface area contributed by atoms with Gasteiger partial charge in [0.25, 0.3) is 0 Å². The van der Waals surface area contributed by atoms with E-state index in [1.165, 1.54) is 0 Å². The van der Waals surface area contributed by atoms with Crippen LogP contribution in [0.2, 0.25) is 5.22 Å². The third kappa shape index (κ3) is 3.99. The Bertz CT molecular complexity index is 637. The number of aliphatic hydroxyl groups is 1. The van der Waals surface area contributed by atoms with Gasteiger partial charge in [0.05, 0.1) is 25.3 Å². The third-order valence-electron chi connectivity index (χ3n) is 3.25. The number of methoxy groups -OCH3 is 1. The molecule has 0 aliphatic heterocycles. The Kier molecular flexibility index (Phi) is 5.41. The highest BCUT2D eigenvalue weighted by Crippen LogP contribution is 2.20. The number of benzene rings is 1. The first-order valence-electron chi connectivity index (χ1n) is 6.70. The fourth-order valence-electron chi connectivity index (χ4n) is 1.96. The zero-order valence-electron chi connectivity index (χ0n) is 12.3. The Labute approximate surface area is 133 Å². The fourth-order valence-corrected chi connectivity index (χ4v) is 2.20. The van der Waals surface area contributed by atoms with Crippen molar-refractivity contribution in [2.75, 3.05) is 13.7 Å². The second kappa shape index (κ2) is 7.29. The number of carbonyl (C=O) groups is 1. The standard InChI is InChI=1S/C15H17ClN2O4/c1-9-12(15(16)22-18-9)7-14(20)17-8-13(19)10-4-3-5-11(6-10)21-2/h3-6,13,19H,7-8H2,1-2H3,(H,17,20). The number of amides is 1. The van der Waals surface area contributed by atoms with E-state index in [9.17, 15) is 9.90 Å². The van der Waals surface area contributed by atoms with E-state index in [4.69, 9.17) is 20.9 Å². The molecule has 0 saturated heterocycles. The van der Waals surface area contributed by atoms with E-state index in [2.05, 4.69) is 10.5 Å². The summed E-state index contributed by atoms with van der Waals surface area (Å²) in [5.74, 6) is 0.380. The minimum absolute atomic E-state index is 0.0546. The fraction of sp³-hybridized carbons (Fsp3) is 0.333. The summed E-state index contributed by atoms with van der Waals surface area (Å²) < 4.78 is 9.89. The van der Waals surface area contributed by atoms with Crippen LogP contribution in [0, 0.1) is 6.92 Å². The Morgan fingerprint density at radius 1 is 1.55 bits per heavy atom. The molecule has 1 aromatic carbocycles. The number of hydrogen-bond acceptors (Lipinski definition) is 5.